The van der Waals surface area contributed by atoms with Crippen molar-refractivity contribution in [3.05, 3.63) is 5.01 Å². The molecule has 17 heavy (non-hydrogen) atoms. The number of aromatic nitrogens is 2. The molecule has 1 aliphatic heterocycles. The van der Waals surface area contributed by atoms with Gasteiger partial charge in [0.05, 0.1) is 18.1 Å². The second-order valence-corrected chi connectivity index (χ2v) is 7.40. The van der Waals surface area contributed by atoms with Crippen LogP contribution in [0.5, 0.6) is 0 Å². The average molecular weight is 276 g/mol. The lowest BCUT2D eigenvalue weighted by Gasteiger charge is -2.16. The zero-order valence-corrected chi connectivity index (χ0v) is 11.4. The molecular formula is C9H16N4O2S2. The first-order valence-corrected chi connectivity index (χ1v) is 8.16. The summed E-state index contributed by atoms with van der Waals surface area (Å²) in [6.07, 6.45) is 0.708. The van der Waals surface area contributed by atoms with Crippen LogP contribution in [0.25, 0.3) is 0 Å². The summed E-state index contributed by atoms with van der Waals surface area (Å²) in [4.78, 5) is 2.13. The second kappa shape index (κ2) is 5.28. The van der Waals surface area contributed by atoms with Gasteiger partial charge < -0.3 is 5.32 Å². The molecular weight excluding hydrogens is 260 g/mol. The van der Waals surface area contributed by atoms with Gasteiger partial charge in [-0.3, -0.25) is 4.90 Å². The minimum atomic E-state index is -2.83. The van der Waals surface area contributed by atoms with Crippen molar-refractivity contribution in [2.45, 2.75) is 13.0 Å². The molecule has 1 aromatic rings. The third-order valence-electron chi connectivity index (χ3n) is 2.69. The van der Waals surface area contributed by atoms with Gasteiger partial charge in [-0.1, -0.05) is 11.3 Å². The molecule has 1 saturated heterocycles. The number of hydrogen-bond acceptors (Lipinski definition) is 7. The van der Waals surface area contributed by atoms with Crippen molar-refractivity contribution in [2.24, 2.45) is 0 Å². The van der Waals surface area contributed by atoms with Crippen LogP contribution in [-0.4, -0.2) is 55.2 Å². The molecule has 0 atom stereocenters. The van der Waals surface area contributed by atoms with E-state index >= 15 is 0 Å². The normalized spacial score (nSPS) is 21.0. The van der Waals surface area contributed by atoms with E-state index in [0.717, 1.165) is 16.7 Å². The van der Waals surface area contributed by atoms with E-state index in [2.05, 4.69) is 20.4 Å². The molecule has 1 aliphatic rings. The summed E-state index contributed by atoms with van der Waals surface area (Å²) in [5.41, 5.74) is 0. The summed E-state index contributed by atoms with van der Waals surface area (Å²) in [7, 11) is -1.02. The van der Waals surface area contributed by atoms with Crippen molar-refractivity contribution in [3.8, 4) is 0 Å². The van der Waals surface area contributed by atoms with Gasteiger partial charge >= 0.3 is 0 Å². The number of sulfone groups is 1. The Morgan fingerprint density at radius 2 is 2.18 bits per heavy atom. The zero-order valence-electron chi connectivity index (χ0n) is 9.72. The molecule has 0 saturated carbocycles. The fourth-order valence-corrected chi connectivity index (χ4v) is 3.80. The standard InChI is InChI=1S/C9H16N4O2S2/c1-10-9-12-11-8(16-9)7-13-3-2-5-17(14,15)6-4-13/h2-7H2,1H3,(H,10,12). The van der Waals surface area contributed by atoms with Gasteiger partial charge in [-0.25, -0.2) is 8.42 Å². The van der Waals surface area contributed by atoms with Gasteiger partial charge in [0, 0.05) is 13.6 Å². The van der Waals surface area contributed by atoms with Crippen LogP contribution in [-0.2, 0) is 16.4 Å². The van der Waals surface area contributed by atoms with Gasteiger partial charge in [-0.15, -0.1) is 10.2 Å². The molecule has 1 aromatic heterocycles. The second-order valence-electron chi connectivity index (χ2n) is 4.03. The Kier molecular flexibility index (Phi) is 3.95. The number of nitrogens with one attached hydrogen (secondary N) is 1. The van der Waals surface area contributed by atoms with Crippen LogP contribution in [0.4, 0.5) is 5.13 Å². The maximum absolute atomic E-state index is 11.5. The van der Waals surface area contributed by atoms with Gasteiger partial charge in [0.1, 0.15) is 5.01 Å². The van der Waals surface area contributed by atoms with E-state index in [0.29, 0.717) is 25.3 Å². The Morgan fingerprint density at radius 1 is 1.35 bits per heavy atom. The Balaban J connectivity index is 1.95. The molecule has 0 unspecified atom stereocenters. The van der Waals surface area contributed by atoms with Crippen LogP contribution >= 0.6 is 11.3 Å². The summed E-state index contributed by atoms with van der Waals surface area (Å²) in [5.74, 6) is 0.562. The minimum Gasteiger partial charge on any atom is -0.363 e. The lowest BCUT2D eigenvalue weighted by molar-refractivity contribution is 0.286. The molecule has 2 heterocycles. The molecule has 0 radical (unpaired) electrons. The number of hydrogen-bond donors (Lipinski definition) is 1. The van der Waals surface area contributed by atoms with Crippen molar-refractivity contribution in [1.82, 2.24) is 15.1 Å². The van der Waals surface area contributed by atoms with E-state index in [1.54, 1.807) is 0 Å². The van der Waals surface area contributed by atoms with Gasteiger partial charge in [-0.05, 0) is 13.0 Å². The summed E-state index contributed by atoms with van der Waals surface area (Å²) >= 11 is 1.51. The van der Waals surface area contributed by atoms with E-state index in [1.807, 2.05) is 7.05 Å². The van der Waals surface area contributed by atoms with Crippen LogP contribution in [0.15, 0.2) is 0 Å². The van der Waals surface area contributed by atoms with E-state index in [1.165, 1.54) is 11.3 Å². The lowest BCUT2D eigenvalue weighted by Crippen LogP contribution is -2.26. The summed E-state index contributed by atoms with van der Waals surface area (Å²) in [5, 5.41) is 12.7. The fourth-order valence-electron chi connectivity index (χ4n) is 1.76. The van der Waals surface area contributed by atoms with Gasteiger partial charge in [-0.2, -0.15) is 0 Å². The maximum Gasteiger partial charge on any atom is 0.205 e. The Labute approximate surface area is 105 Å². The first-order chi connectivity index (χ1) is 8.09. The van der Waals surface area contributed by atoms with Crippen LogP contribution < -0.4 is 5.32 Å². The highest BCUT2D eigenvalue weighted by Crippen LogP contribution is 2.17. The fraction of sp³-hybridized carbons (Fsp3) is 0.778. The third-order valence-corrected chi connectivity index (χ3v) is 5.33. The zero-order chi connectivity index (χ0) is 12.3. The topological polar surface area (TPSA) is 75.2 Å². The lowest BCUT2D eigenvalue weighted by atomic mass is 10.4. The quantitative estimate of drug-likeness (QED) is 0.850. The molecule has 0 spiro atoms. The molecule has 0 aliphatic carbocycles. The molecule has 1 N–H and O–H groups in total. The summed E-state index contributed by atoms with van der Waals surface area (Å²) < 4.78 is 22.9. The molecule has 96 valence electrons. The first kappa shape index (κ1) is 12.7. The van der Waals surface area contributed by atoms with Gasteiger partial charge in [0.2, 0.25) is 5.13 Å². The highest BCUT2D eigenvalue weighted by Gasteiger charge is 2.19. The van der Waals surface area contributed by atoms with E-state index < -0.39 is 9.84 Å². The summed E-state index contributed by atoms with van der Waals surface area (Å²) in [6, 6.07) is 0. The number of nitrogens with zero attached hydrogens (tertiary/aromatic N) is 3. The van der Waals surface area contributed by atoms with Crippen molar-refractivity contribution in [1.29, 1.82) is 0 Å². The highest BCUT2D eigenvalue weighted by atomic mass is 32.2. The van der Waals surface area contributed by atoms with E-state index in [-0.39, 0.29) is 5.75 Å². The van der Waals surface area contributed by atoms with Gasteiger partial charge in [0.25, 0.3) is 0 Å². The van der Waals surface area contributed by atoms with Crippen LogP contribution in [0.3, 0.4) is 0 Å². The predicted molar refractivity (Wildman–Crippen MR) is 68.0 cm³/mol. The molecule has 0 amide bonds. The Morgan fingerprint density at radius 3 is 2.88 bits per heavy atom. The third kappa shape index (κ3) is 3.62. The maximum atomic E-state index is 11.5. The Hall–Kier alpha value is -0.730. The first-order valence-electron chi connectivity index (χ1n) is 5.52. The Bertz CT molecular complexity index is 471. The molecule has 8 heteroatoms. The van der Waals surface area contributed by atoms with Crippen molar-refractivity contribution < 1.29 is 8.42 Å². The van der Waals surface area contributed by atoms with E-state index in [4.69, 9.17) is 0 Å². The SMILES string of the molecule is CNc1nnc(CN2CCCS(=O)(=O)CC2)s1. The molecule has 0 bridgehead atoms. The van der Waals surface area contributed by atoms with Crippen molar-refractivity contribution >= 4 is 26.3 Å². The highest BCUT2D eigenvalue weighted by molar-refractivity contribution is 7.91. The van der Waals surface area contributed by atoms with Crippen LogP contribution in [0.2, 0.25) is 0 Å². The van der Waals surface area contributed by atoms with Crippen LogP contribution in [0.1, 0.15) is 11.4 Å². The summed E-state index contributed by atoms with van der Waals surface area (Å²) in [6.45, 7) is 2.10. The number of anilines is 1. The minimum absolute atomic E-state index is 0.255. The smallest absolute Gasteiger partial charge is 0.205 e. The van der Waals surface area contributed by atoms with Crippen molar-refractivity contribution in [3.63, 3.8) is 0 Å². The largest absolute Gasteiger partial charge is 0.363 e. The monoisotopic (exact) mass is 276 g/mol. The predicted octanol–water partition coefficient (Wildman–Crippen LogP) is 0.200. The average Bonchev–Trinajstić information content (AvgIpc) is 2.66. The molecule has 1 fully saturated rings. The molecule has 2 rings (SSSR count). The molecule has 0 aromatic carbocycles. The number of rotatable bonds is 3. The van der Waals surface area contributed by atoms with E-state index in [9.17, 15) is 8.42 Å². The van der Waals surface area contributed by atoms with Crippen LogP contribution in [0, 0.1) is 0 Å². The van der Waals surface area contributed by atoms with Crippen molar-refractivity contribution in [2.75, 3.05) is 37.0 Å². The van der Waals surface area contributed by atoms with Gasteiger partial charge in [0.15, 0.2) is 9.84 Å². The molecule has 6 nitrogen and oxygen atoms in total.